The van der Waals surface area contributed by atoms with Crippen LogP contribution in [0.4, 0.5) is 0 Å². The summed E-state index contributed by atoms with van der Waals surface area (Å²) in [5.74, 6) is -0.103. The van der Waals surface area contributed by atoms with E-state index in [0.717, 1.165) is 12.8 Å². The van der Waals surface area contributed by atoms with E-state index in [1.54, 1.807) is 0 Å². The van der Waals surface area contributed by atoms with E-state index in [0.29, 0.717) is 19.6 Å². The third-order valence-corrected chi connectivity index (χ3v) is 2.37. The van der Waals surface area contributed by atoms with Crippen LogP contribution in [0.5, 0.6) is 0 Å². The molecule has 0 bridgehead atoms. The number of esters is 1. The van der Waals surface area contributed by atoms with Crippen LogP contribution in [0.1, 0.15) is 58.3 Å². The van der Waals surface area contributed by atoms with Gasteiger partial charge in [0.1, 0.15) is 6.61 Å². The molecule has 0 rings (SSSR count). The van der Waals surface area contributed by atoms with Gasteiger partial charge in [-0.1, -0.05) is 45.4 Å². The fourth-order valence-corrected chi connectivity index (χ4v) is 1.47. The molecule has 0 unspecified atom stereocenters. The molecule has 0 aliphatic carbocycles. The predicted octanol–water partition coefficient (Wildman–Crippen LogP) is 3.05. The number of nitrogens with two attached hydrogens (primary N) is 1. The largest absolute Gasteiger partial charge is 0.464 e. The zero-order valence-electron chi connectivity index (χ0n) is 10.4. The van der Waals surface area contributed by atoms with Gasteiger partial charge in [-0.15, -0.1) is 12.4 Å². The van der Waals surface area contributed by atoms with Gasteiger partial charge in [0.15, 0.2) is 0 Å². The second-order valence-corrected chi connectivity index (χ2v) is 3.88. The van der Waals surface area contributed by atoms with Crippen molar-refractivity contribution in [3.05, 3.63) is 0 Å². The van der Waals surface area contributed by atoms with Crippen LogP contribution >= 0.6 is 12.4 Å². The SMILES string of the molecule is CCCCCCCCCC(=O)OCCN.Cl. The predicted molar refractivity (Wildman–Crippen MR) is 69.9 cm³/mol. The van der Waals surface area contributed by atoms with Crippen molar-refractivity contribution in [1.82, 2.24) is 0 Å². The van der Waals surface area contributed by atoms with Crippen LogP contribution in [0, 0.1) is 0 Å². The number of unbranched alkanes of at least 4 members (excludes halogenated alkanes) is 6. The van der Waals surface area contributed by atoms with Crippen molar-refractivity contribution in [2.75, 3.05) is 13.2 Å². The minimum absolute atomic E-state index is 0. The van der Waals surface area contributed by atoms with Crippen LogP contribution in [-0.2, 0) is 9.53 Å². The first-order valence-electron chi connectivity index (χ1n) is 6.17. The van der Waals surface area contributed by atoms with Crippen LogP contribution in [0.2, 0.25) is 0 Å². The van der Waals surface area contributed by atoms with Gasteiger partial charge in [0.2, 0.25) is 0 Å². The summed E-state index contributed by atoms with van der Waals surface area (Å²) >= 11 is 0. The smallest absolute Gasteiger partial charge is 0.305 e. The maximum atomic E-state index is 11.1. The summed E-state index contributed by atoms with van der Waals surface area (Å²) in [4.78, 5) is 11.1. The van der Waals surface area contributed by atoms with Crippen molar-refractivity contribution in [3.63, 3.8) is 0 Å². The zero-order chi connectivity index (χ0) is 11.4. The highest BCUT2D eigenvalue weighted by Gasteiger charge is 2.00. The number of carbonyl (C=O) groups is 1. The van der Waals surface area contributed by atoms with Crippen LogP contribution in [-0.4, -0.2) is 19.1 Å². The molecule has 98 valence electrons. The molecule has 0 saturated heterocycles. The maximum Gasteiger partial charge on any atom is 0.305 e. The molecule has 3 nitrogen and oxygen atoms in total. The van der Waals surface area contributed by atoms with Crippen LogP contribution in [0.25, 0.3) is 0 Å². The average molecular weight is 252 g/mol. The molecule has 0 aliphatic rings. The van der Waals surface area contributed by atoms with E-state index in [1.807, 2.05) is 0 Å². The fraction of sp³-hybridized carbons (Fsp3) is 0.917. The first-order valence-corrected chi connectivity index (χ1v) is 6.17. The number of ether oxygens (including phenoxy) is 1. The number of hydrogen-bond donors (Lipinski definition) is 1. The first kappa shape index (κ1) is 18.1. The number of halogens is 1. The molecule has 2 N–H and O–H groups in total. The third kappa shape index (κ3) is 13.7. The summed E-state index contributed by atoms with van der Waals surface area (Å²) in [6.07, 6.45) is 9.12. The first-order chi connectivity index (χ1) is 7.31. The molecule has 0 aromatic carbocycles. The molecule has 4 heteroatoms. The maximum absolute atomic E-state index is 11.1. The Morgan fingerprint density at radius 2 is 1.62 bits per heavy atom. The lowest BCUT2D eigenvalue weighted by molar-refractivity contribution is -0.143. The summed E-state index contributed by atoms with van der Waals surface area (Å²) in [6, 6.07) is 0. The summed E-state index contributed by atoms with van der Waals surface area (Å²) in [6.45, 7) is 2.99. The molecule has 16 heavy (non-hydrogen) atoms. The highest BCUT2D eigenvalue weighted by atomic mass is 35.5. The van der Waals surface area contributed by atoms with Crippen molar-refractivity contribution < 1.29 is 9.53 Å². The molecule has 0 fully saturated rings. The van der Waals surface area contributed by atoms with Crippen LogP contribution in [0.15, 0.2) is 0 Å². The van der Waals surface area contributed by atoms with Crippen molar-refractivity contribution >= 4 is 18.4 Å². The molecule has 0 radical (unpaired) electrons. The monoisotopic (exact) mass is 251 g/mol. The average Bonchev–Trinajstić information content (AvgIpc) is 2.25. The Kier molecular flexibility index (Phi) is 16.6. The van der Waals surface area contributed by atoms with E-state index in [4.69, 9.17) is 10.5 Å². The summed E-state index contributed by atoms with van der Waals surface area (Å²) in [5, 5.41) is 0. The van der Waals surface area contributed by atoms with Gasteiger partial charge < -0.3 is 10.5 Å². The summed E-state index contributed by atoms with van der Waals surface area (Å²) < 4.78 is 4.87. The standard InChI is InChI=1S/C12H25NO2.ClH/c1-2-3-4-5-6-7-8-9-12(14)15-11-10-13;/h2-11,13H2,1H3;1H. The van der Waals surface area contributed by atoms with Gasteiger partial charge in [0, 0.05) is 13.0 Å². The lowest BCUT2D eigenvalue weighted by Crippen LogP contribution is -2.13. The number of hydrogen-bond acceptors (Lipinski definition) is 3. The lowest BCUT2D eigenvalue weighted by atomic mass is 10.1. The number of carbonyl (C=O) groups excluding carboxylic acids is 1. The number of rotatable bonds is 10. The molecule has 0 heterocycles. The Bertz CT molecular complexity index is 154. The van der Waals surface area contributed by atoms with E-state index in [9.17, 15) is 4.79 Å². The van der Waals surface area contributed by atoms with Crippen molar-refractivity contribution in [2.45, 2.75) is 58.3 Å². The molecule has 0 aromatic rings. The van der Waals surface area contributed by atoms with Gasteiger partial charge in [-0.05, 0) is 6.42 Å². The van der Waals surface area contributed by atoms with Crippen LogP contribution in [0.3, 0.4) is 0 Å². The molecule has 0 amide bonds. The molecule has 0 aromatic heterocycles. The second kappa shape index (κ2) is 14.7. The molecule has 0 aliphatic heterocycles. The Labute approximate surface area is 106 Å². The molecular weight excluding hydrogens is 226 g/mol. The Morgan fingerprint density at radius 3 is 2.19 bits per heavy atom. The minimum atomic E-state index is -0.103. The molecule has 0 saturated carbocycles. The Balaban J connectivity index is 0. The van der Waals surface area contributed by atoms with E-state index >= 15 is 0 Å². The highest BCUT2D eigenvalue weighted by molar-refractivity contribution is 5.85. The lowest BCUT2D eigenvalue weighted by Gasteiger charge is -2.03. The summed E-state index contributed by atoms with van der Waals surface area (Å²) in [7, 11) is 0. The molecular formula is C12H26ClNO2. The second-order valence-electron chi connectivity index (χ2n) is 3.88. The van der Waals surface area contributed by atoms with Gasteiger partial charge in [0.25, 0.3) is 0 Å². The van der Waals surface area contributed by atoms with E-state index in [1.165, 1.54) is 32.1 Å². The quantitative estimate of drug-likeness (QED) is 0.480. The third-order valence-electron chi connectivity index (χ3n) is 2.37. The minimum Gasteiger partial charge on any atom is -0.464 e. The zero-order valence-corrected chi connectivity index (χ0v) is 11.2. The summed E-state index contributed by atoms with van der Waals surface area (Å²) in [5.41, 5.74) is 5.22. The topological polar surface area (TPSA) is 52.3 Å². The fourth-order valence-electron chi connectivity index (χ4n) is 1.47. The Morgan fingerprint density at radius 1 is 1.06 bits per heavy atom. The van der Waals surface area contributed by atoms with E-state index < -0.39 is 0 Å². The molecule has 0 atom stereocenters. The van der Waals surface area contributed by atoms with Gasteiger partial charge in [-0.25, -0.2) is 0 Å². The van der Waals surface area contributed by atoms with Gasteiger partial charge in [0.05, 0.1) is 0 Å². The molecule has 0 spiro atoms. The normalized spacial score (nSPS) is 9.62. The van der Waals surface area contributed by atoms with E-state index in [2.05, 4.69) is 6.92 Å². The Hall–Kier alpha value is -0.280. The van der Waals surface area contributed by atoms with Crippen molar-refractivity contribution in [3.8, 4) is 0 Å². The highest BCUT2D eigenvalue weighted by Crippen LogP contribution is 2.08. The van der Waals surface area contributed by atoms with Crippen molar-refractivity contribution in [1.29, 1.82) is 0 Å². The van der Waals surface area contributed by atoms with Crippen molar-refractivity contribution in [2.24, 2.45) is 5.73 Å². The van der Waals surface area contributed by atoms with E-state index in [-0.39, 0.29) is 18.4 Å². The van der Waals surface area contributed by atoms with Gasteiger partial charge >= 0.3 is 5.97 Å². The van der Waals surface area contributed by atoms with Gasteiger partial charge in [-0.2, -0.15) is 0 Å². The van der Waals surface area contributed by atoms with Crippen LogP contribution < -0.4 is 5.73 Å². The van der Waals surface area contributed by atoms with Gasteiger partial charge in [-0.3, -0.25) is 4.79 Å².